The molecule has 1 amide bonds. The summed E-state index contributed by atoms with van der Waals surface area (Å²) < 4.78 is 11.5. The number of halogens is 1. The van der Waals surface area contributed by atoms with E-state index in [1.807, 2.05) is 6.07 Å². The minimum Gasteiger partial charge on any atom is -0.489 e. The van der Waals surface area contributed by atoms with Crippen LogP contribution in [0.5, 0.6) is 5.75 Å². The number of furan rings is 1. The van der Waals surface area contributed by atoms with Gasteiger partial charge in [-0.3, -0.25) is 4.79 Å². The number of piperidine rings is 1. The first-order chi connectivity index (χ1) is 13.7. The van der Waals surface area contributed by atoms with Crippen LogP contribution in [0.2, 0.25) is 5.02 Å². The average Bonchev–Trinajstić information content (AvgIpc) is 3.42. The lowest BCUT2D eigenvalue weighted by Crippen LogP contribution is -2.43. The van der Waals surface area contributed by atoms with E-state index in [0.29, 0.717) is 28.6 Å². The van der Waals surface area contributed by atoms with Crippen molar-refractivity contribution in [2.75, 3.05) is 13.1 Å². The molecular weight excluding hydrogens is 376 g/mol. The molecule has 1 saturated heterocycles. The van der Waals surface area contributed by atoms with Crippen molar-refractivity contribution >= 4 is 17.5 Å². The molecular formula is C22H27ClN2O3. The molecule has 150 valence electrons. The van der Waals surface area contributed by atoms with Crippen LogP contribution in [0.3, 0.4) is 0 Å². The predicted octanol–water partition coefficient (Wildman–Crippen LogP) is 4.65. The maximum absolute atomic E-state index is 12.7. The van der Waals surface area contributed by atoms with E-state index >= 15 is 0 Å². The third kappa shape index (κ3) is 4.70. The Morgan fingerprint density at radius 3 is 2.68 bits per heavy atom. The molecule has 0 radical (unpaired) electrons. The van der Waals surface area contributed by atoms with E-state index in [1.54, 1.807) is 30.5 Å². The summed E-state index contributed by atoms with van der Waals surface area (Å²) in [5, 5.41) is 3.39. The van der Waals surface area contributed by atoms with Crippen LogP contribution in [0.1, 0.15) is 54.6 Å². The van der Waals surface area contributed by atoms with E-state index in [1.165, 1.54) is 25.7 Å². The number of nitrogens with one attached hydrogen (secondary N) is 1. The topological polar surface area (TPSA) is 54.7 Å². The fourth-order valence-electron chi connectivity index (χ4n) is 4.27. The fourth-order valence-corrected chi connectivity index (χ4v) is 4.44. The molecule has 1 aromatic carbocycles. The molecule has 1 aromatic heterocycles. The lowest BCUT2D eigenvalue weighted by Gasteiger charge is -2.36. The van der Waals surface area contributed by atoms with Crippen molar-refractivity contribution in [2.24, 2.45) is 0 Å². The smallest absolute Gasteiger partial charge is 0.255 e. The fraction of sp³-hybridized carbons (Fsp3) is 0.500. The van der Waals surface area contributed by atoms with Crippen molar-refractivity contribution in [3.8, 4) is 5.75 Å². The van der Waals surface area contributed by atoms with Gasteiger partial charge in [0.15, 0.2) is 0 Å². The largest absolute Gasteiger partial charge is 0.489 e. The summed E-state index contributed by atoms with van der Waals surface area (Å²) in [4.78, 5) is 15.3. The molecule has 0 atom stereocenters. The highest BCUT2D eigenvalue weighted by Crippen LogP contribution is 2.29. The highest BCUT2D eigenvalue weighted by molar-refractivity contribution is 6.31. The Labute approximate surface area is 171 Å². The quantitative estimate of drug-likeness (QED) is 0.764. The second-order valence-corrected chi connectivity index (χ2v) is 8.13. The van der Waals surface area contributed by atoms with Crippen molar-refractivity contribution in [3.05, 3.63) is 52.9 Å². The Balaban J connectivity index is 1.37. The van der Waals surface area contributed by atoms with Gasteiger partial charge >= 0.3 is 0 Å². The minimum absolute atomic E-state index is 0.135. The minimum atomic E-state index is -0.211. The van der Waals surface area contributed by atoms with Crippen LogP contribution < -0.4 is 10.1 Å². The highest BCUT2D eigenvalue weighted by atomic mass is 35.5. The molecule has 1 aliphatic heterocycles. The van der Waals surface area contributed by atoms with Crippen molar-refractivity contribution in [3.63, 3.8) is 0 Å². The SMILES string of the molecule is O=C(NCc1ccco1)c1cc(Cl)ccc1OC1CCN(C2CCCC2)CC1. The Morgan fingerprint density at radius 2 is 1.96 bits per heavy atom. The summed E-state index contributed by atoms with van der Waals surface area (Å²) in [6.07, 6.45) is 9.11. The third-order valence-corrected chi connectivity index (χ3v) is 6.04. The molecule has 0 bridgehead atoms. The molecule has 4 rings (SSSR count). The predicted molar refractivity (Wildman–Crippen MR) is 109 cm³/mol. The van der Waals surface area contributed by atoms with E-state index in [-0.39, 0.29) is 12.0 Å². The number of hydrogen-bond acceptors (Lipinski definition) is 4. The van der Waals surface area contributed by atoms with Gasteiger partial charge in [0.1, 0.15) is 17.6 Å². The van der Waals surface area contributed by atoms with Gasteiger partial charge in [0.05, 0.1) is 18.4 Å². The number of carbonyl (C=O) groups is 1. The van der Waals surface area contributed by atoms with E-state index in [9.17, 15) is 4.79 Å². The number of likely N-dealkylation sites (tertiary alicyclic amines) is 1. The molecule has 28 heavy (non-hydrogen) atoms. The number of ether oxygens (including phenoxy) is 1. The van der Waals surface area contributed by atoms with Gasteiger partial charge in [-0.15, -0.1) is 0 Å². The summed E-state index contributed by atoms with van der Waals surface area (Å²) in [5.74, 6) is 1.09. The van der Waals surface area contributed by atoms with Gasteiger partial charge in [-0.2, -0.15) is 0 Å². The molecule has 1 N–H and O–H groups in total. The number of benzene rings is 1. The number of carbonyl (C=O) groups excluding carboxylic acids is 1. The third-order valence-electron chi connectivity index (χ3n) is 5.80. The van der Waals surface area contributed by atoms with Gasteiger partial charge in [0.25, 0.3) is 5.91 Å². The highest BCUT2D eigenvalue weighted by Gasteiger charge is 2.28. The van der Waals surface area contributed by atoms with Crippen molar-refractivity contribution < 1.29 is 13.9 Å². The van der Waals surface area contributed by atoms with Crippen molar-refractivity contribution in [1.82, 2.24) is 10.2 Å². The van der Waals surface area contributed by atoms with E-state index in [0.717, 1.165) is 32.0 Å². The number of hydrogen-bond donors (Lipinski definition) is 1. The van der Waals surface area contributed by atoms with Gasteiger partial charge < -0.3 is 19.4 Å². The first-order valence-electron chi connectivity index (χ1n) is 10.2. The van der Waals surface area contributed by atoms with E-state index in [4.69, 9.17) is 20.8 Å². The molecule has 1 saturated carbocycles. The molecule has 6 heteroatoms. The maximum Gasteiger partial charge on any atom is 0.255 e. The summed E-state index contributed by atoms with van der Waals surface area (Å²) in [7, 11) is 0. The zero-order valence-corrected chi connectivity index (χ0v) is 16.8. The zero-order chi connectivity index (χ0) is 19.3. The van der Waals surface area contributed by atoms with E-state index < -0.39 is 0 Å². The maximum atomic E-state index is 12.7. The van der Waals surface area contributed by atoms with Crippen LogP contribution in [0.4, 0.5) is 0 Å². The zero-order valence-electron chi connectivity index (χ0n) is 16.0. The molecule has 2 heterocycles. The van der Waals surface area contributed by atoms with Crippen LogP contribution in [0.15, 0.2) is 41.0 Å². The first-order valence-corrected chi connectivity index (χ1v) is 10.6. The molecule has 0 spiro atoms. The Kier molecular flexibility index (Phi) is 6.23. The Hall–Kier alpha value is -1.98. The van der Waals surface area contributed by atoms with Crippen LogP contribution in [0, 0.1) is 0 Å². The summed E-state index contributed by atoms with van der Waals surface area (Å²) in [6.45, 7) is 2.48. The Morgan fingerprint density at radius 1 is 1.18 bits per heavy atom. The average molecular weight is 403 g/mol. The standard InChI is InChI=1S/C22H27ClN2O3/c23-16-7-8-21(20(14-16)22(26)24-15-19-6-3-13-27-19)28-18-9-11-25(12-10-18)17-4-1-2-5-17/h3,6-8,13-14,17-18H,1-2,4-5,9-12,15H2,(H,24,26). The molecule has 2 aromatic rings. The second kappa shape index (κ2) is 9.01. The van der Waals surface area contributed by atoms with Gasteiger partial charge in [-0.1, -0.05) is 24.4 Å². The van der Waals surface area contributed by atoms with Gasteiger partial charge in [0.2, 0.25) is 0 Å². The van der Waals surface area contributed by atoms with Crippen LogP contribution in [-0.4, -0.2) is 36.0 Å². The summed E-state index contributed by atoms with van der Waals surface area (Å²) in [5.41, 5.74) is 0.470. The van der Waals surface area contributed by atoms with Gasteiger partial charge in [-0.05, 0) is 56.0 Å². The number of rotatable bonds is 6. The van der Waals surface area contributed by atoms with Crippen molar-refractivity contribution in [1.29, 1.82) is 0 Å². The molecule has 2 fully saturated rings. The van der Waals surface area contributed by atoms with Crippen LogP contribution >= 0.6 is 11.6 Å². The lowest BCUT2D eigenvalue weighted by atomic mass is 10.0. The molecule has 2 aliphatic rings. The van der Waals surface area contributed by atoms with Crippen LogP contribution in [0.25, 0.3) is 0 Å². The second-order valence-electron chi connectivity index (χ2n) is 7.69. The summed E-state index contributed by atoms with van der Waals surface area (Å²) in [6, 6.07) is 9.63. The number of amides is 1. The van der Waals surface area contributed by atoms with Crippen LogP contribution in [-0.2, 0) is 6.54 Å². The van der Waals surface area contributed by atoms with Gasteiger partial charge in [-0.25, -0.2) is 0 Å². The monoisotopic (exact) mass is 402 g/mol. The van der Waals surface area contributed by atoms with E-state index in [2.05, 4.69) is 10.2 Å². The van der Waals surface area contributed by atoms with Crippen molar-refractivity contribution in [2.45, 2.75) is 57.2 Å². The normalized spacial score (nSPS) is 19.0. The van der Waals surface area contributed by atoms with Gasteiger partial charge in [0, 0.05) is 24.2 Å². The first kappa shape index (κ1) is 19.3. The number of nitrogens with zero attached hydrogens (tertiary/aromatic N) is 1. The molecule has 5 nitrogen and oxygen atoms in total. The molecule has 1 aliphatic carbocycles. The molecule has 0 unspecified atom stereocenters. The Bertz CT molecular complexity index is 779. The lowest BCUT2D eigenvalue weighted by molar-refractivity contribution is 0.0750. The summed E-state index contributed by atoms with van der Waals surface area (Å²) >= 11 is 6.13.